The van der Waals surface area contributed by atoms with Crippen LogP contribution in [0.1, 0.15) is 36.5 Å². The lowest BCUT2D eigenvalue weighted by Crippen LogP contribution is -2.45. The van der Waals surface area contributed by atoms with Crippen LogP contribution in [-0.2, 0) is 21.4 Å². The topological polar surface area (TPSA) is 75.7 Å². The number of sulfonamides is 1. The van der Waals surface area contributed by atoms with Gasteiger partial charge in [0.2, 0.25) is 15.9 Å². The second-order valence-electron chi connectivity index (χ2n) is 7.77. The molecule has 1 amide bonds. The third-order valence-corrected chi connectivity index (χ3v) is 7.25. The minimum Gasteiger partial charge on any atom is -0.494 e. The first-order valence-corrected chi connectivity index (χ1v) is 11.8. The molecule has 0 saturated carbocycles. The quantitative estimate of drug-likeness (QED) is 0.730. The van der Waals surface area contributed by atoms with Crippen LogP contribution in [0.4, 0.5) is 0 Å². The van der Waals surface area contributed by atoms with Gasteiger partial charge in [0.1, 0.15) is 5.75 Å². The number of hydrogen-bond acceptors (Lipinski definition) is 4. The highest BCUT2D eigenvalue weighted by Gasteiger charge is 2.33. The third-order valence-electron chi connectivity index (χ3n) is 5.39. The molecule has 0 aromatic heterocycles. The first-order valence-electron chi connectivity index (χ1n) is 10.4. The lowest BCUT2D eigenvalue weighted by molar-refractivity contribution is -0.126. The Kier molecular flexibility index (Phi) is 7.15. The van der Waals surface area contributed by atoms with Gasteiger partial charge in [-0.1, -0.05) is 29.8 Å². The van der Waals surface area contributed by atoms with Crippen molar-refractivity contribution in [2.24, 2.45) is 5.92 Å². The standard InChI is InChI=1S/C23H30N2O4S/c1-4-29-22-11-10-21(14-18(22)3)30(27,28)25-12-6-9-20(16-25)23(26)24-15-19-8-5-7-17(2)13-19/h5,7-8,10-11,13-14,20H,4,6,9,12,15-16H2,1-3H3,(H,24,26). The number of nitrogens with one attached hydrogen (secondary N) is 1. The van der Waals surface area contributed by atoms with E-state index in [1.54, 1.807) is 18.2 Å². The van der Waals surface area contributed by atoms with Crippen molar-refractivity contribution < 1.29 is 17.9 Å². The van der Waals surface area contributed by atoms with Gasteiger partial charge in [-0.15, -0.1) is 0 Å². The molecule has 6 nitrogen and oxygen atoms in total. The highest BCUT2D eigenvalue weighted by Crippen LogP contribution is 2.27. The number of rotatable bonds is 7. The van der Waals surface area contributed by atoms with Crippen LogP contribution in [0.3, 0.4) is 0 Å². The molecule has 1 heterocycles. The molecule has 1 N–H and O–H groups in total. The Morgan fingerprint density at radius 3 is 2.70 bits per heavy atom. The number of piperidine rings is 1. The Bertz CT molecular complexity index is 1000. The summed E-state index contributed by atoms with van der Waals surface area (Å²) in [6.07, 6.45) is 1.35. The van der Waals surface area contributed by atoms with E-state index in [1.165, 1.54) is 4.31 Å². The van der Waals surface area contributed by atoms with Crippen LogP contribution >= 0.6 is 0 Å². The summed E-state index contributed by atoms with van der Waals surface area (Å²) in [6, 6.07) is 12.9. The van der Waals surface area contributed by atoms with E-state index in [2.05, 4.69) is 5.32 Å². The van der Waals surface area contributed by atoms with Crippen LogP contribution < -0.4 is 10.1 Å². The number of amides is 1. The fraction of sp³-hybridized carbons (Fsp3) is 0.435. The summed E-state index contributed by atoms with van der Waals surface area (Å²) in [4.78, 5) is 12.9. The number of ether oxygens (including phenoxy) is 1. The Labute approximate surface area is 179 Å². The van der Waals surface area contributed by atoms with Crippen molar-refractivity contribution in [3.8, 4) is 5.75 Å². The summed E-state index contributed by atoms with van der Waals surface area (Å²) < 4.78 is 33.2. The summed E-state index contributed by atoms with van der Waals surface area (Å²) >= 11 is 0. The van der Waals surface area contributed by atoms with E-state index in [1.807, 2.05) is 45.0 Å². The van der Waals surface area contributed by atoms with E-state index >= 15 is 0 Å². The largest absolute Gasteiger partial charge is 0.494 e. The minimum atomic E-state index is -3.66. The molecule has 162 valence electrons. The average molecular weight is 431 g/mol. The molecule has 0 radical (unpaired) electrons. The number of carbonyl (C=O) groups is 1. The molecule has 0 aliphatic carbocycles. The van der Waals surface area contributed by atoms with Crippen LogP contribution in [0.25, 0.3) is 0 Å². The molecule has 3 rings (SSSR count). The monoisotopic (exact) mass is 430 g/mol. The van der Waals surface area contributed by atoms with Gasteiger partial charge in [0.15, 0.2) is 0 Å². The van der Waals surface area contributed by atoms with Crippen LogP contribution in [0.15, 0.2) is 47.4 Å². The highest BCUT2D eigenvalue weighted by molar-refractivity contribution is 7.89. The molecule has 1 fully saturated rings. The van der Waals surface area contributed by atoms with E-state index in [9.17, 15) is 13.2 Å². The molecule has 1 atom stereocenters. The van der Waals surface area contributed by atoms with E-state index in [0.717, 1.165) is 16.7 Å². The molecule has 1 aliphatic heterocycles. The molecule has 2 aromatic rings. The zero-order valence-corrected chi connectivity index (χ0v) is 18.7. The lowest BCUT2D eigenvalue weighted by Gasteiger charge is -2.31. The predicted octanol–water partition coefficient (Wildman–Crippen LogP) is 3.42. The van der Waals surface area contributed by atoms with Crippen LogP contribution in [-0.4, -0.2) is 38.3 Å². The van der Waals surface area contributed by atoms with Crippen molar-refractivity contribution in [2.75, 3.05) is 19.7 Å². The van der Waals surface area contributed by atoms with Crippen LogP contribution in [0, 0.1) is 19.8 Å². The number of benzene rings is 2. The van der Waals surface area contributed by atoms with Crippen LogP contribution in [0.5, 0.6) is 5.75 Å². The fourth-order valence-electron chi connectivity index (χ4n) is 3.78. The molecule has 2 aromatic carbocycles. The molecular weight excluding hydrogens is 400 g/mol. The summed E-state index contributed by atoms with van der Waals surface area (Å²) in [5.41, 5.74) is 2.96. The fourth-order valence-corrected chi connectivity index (χ4v) is 5.39. The first kappa shape index (κ1) is 22.3. The van der Waals surface area contributed by atoms with Crippen molar-refractivity contribution in [1.29, 1.82) is 0 Å². The van der Waals surface area contributed by atoms with Crippen molar-refractivity contribution in [1.82, 2.24) is 9.62 Å². The maximum Gasteiger partial charge on any atom is 0.243 e. The lowest BCUT2D eigenvalue weighted by atomic mass is 9.98. The van der Waals surface area contributed by atoms with Gasteiger partial charge in [-0.05, 0) is 62.9 Å². The molecule has 30 heavy (non-hydrogen) atoms. The Morgan fingerprint density at radius 1 is 1.20 bits per heavy atom. The maximum atomic E-state index is 13.1. The van der Waals surface area contributed by atoms with Gasteiger partial charge in [-0.2, -0.15) is 4.31 Å². The summed E-state index contributed by atoms with van der Waals surface area (Å²) in [5.74, 6) is 0.241. The normalized spacial score (nSPS) is 17.5. The summed E-state index contributed by atoms with van der Waals surface area (Å²) in [6.45, 7) is 7.34. The van der Waals surface area contributed by atoms with E-state index < -0.39 is 10.0 Å². The van der Waals surface area contributed by atoms with Gasteiger partial charge >= 0.3 is 0 Å². The predicted molar refractivity (Wildman–Crippen MR) is 117 cm³/mol. The Hall–Kier alpha value is -2.38. The van der Waals surface area contributed by atoms with Gasteiger partial charge < -0.3 is 10.1 Å². The number of nitrogens with zero attached hydrogens (tertiary/aromatic N) is 1. The summed E-state index contributed by atoms with van der Waals surface area (Å²) in [5, 5.41) is 2.96. The van der Waals surface area contributed by atoms with Crippen molar-refractivity contribution in [2.45, 2.75) is 45.1 Å². The molecule has 1 aliphatic rings. The van der Waals surface area contributed by atoms with Gasteiger partial charge in [0, 0.05) is 19.6 Å². The van der Waals surface area contributed by atoms with Gasteiger partial charge in [0.05, 0.1) is 17.4 Å². The molecule has 0 spiro atoms. The number of hydrogen-bond donors (Lipinski definition) is 1. The zero-order valence-electron chi connectivity index (χ0n) is 17.8. The summed E-state index contributed by atoms with van der Waals surface area (Å²) in [7, 11) is -3.66. The Balaban J connectivity index is 1.67. The smallest absolute Gasteiger partial charge is 0.243 e. The van der Waals surface area contributed by atoms with Gasteiger partial charge in [-0.25, -0.2) is 8.42 Å². The third kappa shape index (κ3) is 5.21. The van der Waals surface area contributed by atoms with Crippen molar-refractivity contribution >= 4 is 15.9 Å². The van der Waals surface area contributed by atoms with E-state index in [-0.39, 0.29) is 23.3 Å². The number of aryl methyl sites for hydroxylation is 2. The van der Waals surface area contributed by atoms with Crippen molar-refractivity contribution in [3.63, 3.8) is 0 Å². The second kappa shape index (κ2) is 9.62. The van der Waals surface area contributed by atoms with Gasteiger partial charge in [-0.3, -0.25) is 4.79 Å². The van der Waals surface area contributed by atoms with E-state index in [4.69, 9.17) is 4.74 Å². The molecule has 0 bridgehead atoms. The van der Waals surface area contributed by atoms with E-state index in [0.29, 0.717) is 38.3 Å². The van der Waals surface area contributed by atoms with Crippen LogP contribution in [0.2, 0.25) is 0 Å². The first-order chi connectivity index (χ1) is 14.3. The average Bonchev–Trinajstić information content (AvgIpc) is 2.73. The minimum absolute atomic E-state index is 0.0979. The molecule has 1 saturated heterocycles. The SMILES string of the molecule is CCOc1ccc(S(=O)(=O)N2CCCC(C(=O)NCc3cccc(C)c3)C2)cc1C. The molecule has 1 unspecified atom stereocenters. The number of carbonyl (C=O) groups excluding carboxylic acids is 1. The molecule has 7 heteroatoms. The van der Waals surface area contributed by atoms with Crippen molar-refractivity contribution in [3.05, 3.63) is 59.2 Å². The Morgan fingerprint density at radius 2 is 2.00 bits per heavy atom. The molecular formula is C23H30N2O4S. The maximum absolute atomic E-state index is 13.1. The zero-order chi connectivity index (χ0) is 21.7. The second-order valence-corrected chi connectivity index (χ2v) is 9.71. The highest BCUT2D eigenvalue weighted by atomic mass is 32.2. The van der Waals surface area contributed by atoms with Gasteiger partial charge in [0.25, 0.3) is 0 Å².